The van der Waals surface area contributed by atoms with E-state index >= 15 is 0 Å². The number of nitriles is 2. The zero-order valence-corrected chi connectivity index (χ0v) is 19.2. The number of para-hydroxylation sites is 2. The molecule has 0 saturated heterocycles. The van der Waals surface area contributed by atoms with Gasteiger partial charge in [-0.1, -0.05) is 36.4 Å². The molecular formula is C26H26N4O2. The number of benzene rings is 3. The van der Waals surface area contributed by atoms with Crippen LogP contribution < -0.4 is 19.3 Å². The first kappa shape index (κ1) is 22.5. The molecule has 3 aromatic rings. The van der Waals surface area contributed by atoms with Gasteiger partial charge in [-0.3, -0.25) is 0 Å². The van der Waals surface area contributed by atoms with E-state index in [4.69, 9.17) is 9.47 Å². The van der Waals surface area contributed by atoms with Gasteiger partial charge in [0.25, 0.3) is 0 Å². The molecule has 0 spiro atoms. The summed E-state index contributed by atoms with van der Waals surface area (Å²) < 4.78 is 12.8. The third kappa shape index (κ3) is 4.17. The van der Waals surface area contributed by atoms with Crippen LogP contribution in [0.3, 0.4) is 0 Å². The summed E-state index contributed by atoms with van der Waals surface area (Å²) in [5.74, 6) is 2.05. The van der Waals surface area contributed by atoms with E-state index in [9.17, 15) is 10.5 Å². The molecule has 0 aliphatic rings. The highest BCUT2D eigenvalue weighted by molar-refractivity contribution is 5.87. The lowest BCUT2D eigenvalue weighted by atomic mass is 10.0. The molecular weight excluding hydrogens is 400 g/mol. The van der Waals surface area contributed by atoms with Crippen LogP contribution in [0, 0.1) is 36.5 Å². The number of aryl methyl sites for hydroxylation is 2. The summed E-state index contributed by atoms with van der Waals surface area (Å²) in [5, 5.41) is 20.0. The van der Waals surface area contributed by atoms with Gasteiger partial charge in [0.05, 0.1) is 11.1 Å². The summed E-state index contributed by atoms with van der Waals surface area (Å²) in [6, 6.07) is 19.7. The van der Waals surface area contributed by atoms with Gasteiger partial charge in [-0.05, 0) is 37.1 Å². The predicted molar refractivity (Wildman–Crippen MR) is 127 cm³/mol. The quantitative estimate of drug-likeness (QED) is 0.499. The van der Waals surface area contributed by atoms with Gasteiger partial charge >= 0.3 is 0 Å². The van der Waals surface area contributed by atoms with E-state index in [0.29, 0.717) is 34.4 Å². The maximum atomic E-state index is 10.0. The SMILES string of the molecule is Cc1ccccc1Oc1c(Oc2ccccc2C)c(N(C)C)c(C#N)c(C#N)c1N(C)C. The zero-order chi connectivity index (χ0) is 23.4. The van der Waals surface area contributed by atoms with Crippen LogP contribution in [0.15, 0.2) is 48.5 Å². The molecule has 162 valence electrons. The zero-order valence-electron chi connectivity index (χ0n) is 19.2. The minimum absolute atomic E-state index is 0.238. The van der Waals surface area contributed by atoms with Crippen LogP contribution in [0.1, 0.15) is 22.3 Å². The average molecular weight is 427 g/mol. The Kier molecular flexibility index (Phi) is 6.56. The maximum absolute atomic E-state index is 10.0. The lowest BCUT2D eigenvalue weighted by Gasteiger charge is -2.28. The first-order valence-electron chi connectivity index (χ1n) is 10.2. The molecule has 0 aliphatic carbocycles. The Morgan fingerprint density at radius 3 is 1.25 bits per heavy atom. The highest BCUT2D eigenvalue weighted by Crippen LogP contribution is 2.52. The predicted octanol–water partition coefficient (Wildman–Crippen LogP) is 5.76. The molecule has 0 aliphatic heterocycles. The second kappa shape index (κ2) is 9.32. The number of hydrogen-bond donors (Lipinski definition) is 0. The molecule has 0 bridgehead atoms. The maximum Gasteiger partial charge on any atom is 0.196 e. The molecule has 6 heteroatoms. The molecule has 0 heterocycles. The Balaban J connectivity index is 2.43. The van der Waals surface area contributed by atoms with Gasteiger partial charge in [0.1, 0.15) is 35.0 Å². The third-order valence-corrected chi connectivity index (χ3v) is 5.09. The van der Waals surface area contributed by atoms with Gasteiger partial charge in [-0.25, -0.2) is 0 Å². The van der Waals surface area contributed by atoms with Crippen molar-refractivity contribution in [2.45, 2.75) is 13.8 Å². The Hall–Kier alpha value is -4.16. The van der Waals surface area contributed by atoms with Gasteiger partial charge in [0.15, 0.2) is 11.5 Å². The summed E-state index contributed by atoms with van der Waals surface area (Å²) in [6.45, 7) is 3.91. The van der Waals surface area contributed by atoms with E-state index in [2.05, 4.69) is 12.1 Å². The molecule has 32 heavy (non-hydrogen) atoms. The van der Waals surface area contributed by atoms with Crippen molar-refractivity contribution in [3.05, 3.63) is 70.8 Å². The Morgan fingerprint density at radius 1 is 0.625 bits per heavy atom. The van der Waals surface area contributed by atoms with Crippen LogP contribution in [0.2, 0.25) is 0 Å². The number of hydrogen-bond acceptors (Lipinski definition) is 6. The van der Waals surface area contributed by atoms with Crippen LogP contribution in [-0.4, -0.2) is 28.2 Å². The normalized spacial score (nSPS) is 10.1. The van der Waals surface area contributed by atoms with E-state index in [1.807, 2.05) is 90.6 Å². The largest absolute Gasteiger partial charge is 0.451 e. The van der Waals surface area contributed by atoms with Crippen molar-refractivity contribution in [1.82, 2.24) is 0 Å². The first-order chi connectivity index (χ1) is 15.3. The number of anilines is 2. The fraction of sp³-hybridized carbons (Fsp3) is 0.231. The molecule has 3 rings (SSSR count). The van der Waals surface area contributed by atoms with Crippen molar-refractivity contribution in [1.29, 1.82) is 10.5 Å². The topological polar surface area (TPSA) is 72.5 Å². The monoisotopic (exact) mass is 426 g/mol. The molecule has 0 aromatic heterocycles. The van der Waals surface area contributed by atoms with Crippen LogP contribution in [-0.2, 0) is 0 Å². The molecule has 0 saturated carbocycles. The molecule has 0 fully saturated rings. The third-order valence-electron chi connectivity index (χ3n) is 5.09. The standard InChI is InChI=1S/C26H26N4O2/c1-17-11-7-9-13-21(17)31-25-23(29(3)4)19(15-27)20(16-28)24(30(5)6)26(25)32-22-14-10-8-12-18(22)2/h7-14H,1-6H3. The molecule has 0 unspecified atom stereocenters. The van der Waals surface area contributed by atoms with Crippen molar-refractivity contribution in [3.8, 4) is 35.1 Å². The van der Waals surface area contributed by atoms with Crippen LogP contribution in [0.5, 0.6) is 23.0 Å². The highest BCUT2D eigenvalue weighted by atomic mass is 16.5. The molecule has 0 amide bonds. The Morgan fingerprint density at radius 2 is 0.969 bits per heavy atom. The summed E-state index contributed by atoms with van der Waals surface area (Å²) in [5.41, 5.74) is 3.33. The average Bonchev–Trinajstić information content (AvgIpc) is 2.76. The Labute approximate surface area is 189 Å². The highest BCUT2D eigenvalue weighted by Gasteiger charge is 2.30. The van der Waals surface area contributed by atoms with Gasteiger partial charge < -0.3 is 19.3 Å². The first-order valence-corrected chi connectivity index (χ1v) is 10.2. The van der Waals surface area contributed by atoms with E-state index < -0.39 is 0 Å². The lowest BCUT2D eigenvalue weighted by Crippen LogP contribution is -2.18. The van der Waals surface area contributed by atoms with Gasteiger partial charge in [0.2, 0.25) is 0 Å². The van der Waals surface area contributed by atoms with E-state index in [1.54, 1.807) is 9.80 Å². The summed E-state index contributed by atoms with van der Waals surface area (Å²) >= 11 is 0. The molecule has 0 radical (unpaired) electrons. The van der Waals surface area contributed by atoms with E-state index in [-0.39, 0.29) is 11.1 Å². The number of nitrogens with zero attached hydrogens (tertiary/aromatic N) is 4. The van der Waals surface area contributed by atoms with Crippen LogP contribution >= 0.6 is 0 Å². The van der Waals surface area contributed by atoms with Crippen LogP contribution in [0.25, 0.3) is 0 Å². The fourth-order valence-electron chi connectivity index (χ4n) is 3.50. The second-order valence-electron chi connectivity index (χ2n) is 7.85. The summed E-state index contributed by atoms with van der Waals surface area (Å²) in [4.78, 5) is 3.55. The number of ether oxygens (including phenoxy) is 2. The molecule has 6 nitrogen and oxygen atoms in total. The smallest absolute Gasteiger partial charge is 0.196 e. The van der Waals surface area contributed by atoms with Crippen molar-refractivity contribution < 1.29 is 9.47 Å². The van der Waals surface area contributed by atoms with Crippen LogP contribution in [0.4, 0.5) is 11.4 Å². The molecule has 0 atom stereocenters. The minimum atomic E-state index is 0.238. The van der Waals surface area contributed by atoms with E-state index in [0.717, 1.165) is 11.1 Å². The van der Waals surface area contributed by atoms with Crippen molar-refractivity contribution >= 4 is 11.4 Å². The fourth-order valence-corrected chi connectivity index (χ4v) is 3.50. The van der Waals surface area contributed by atoms with Gasteiger partial charge in [-0.2, -0.15) is 10.5 Å². The van der Waals surface area contributed by atoms with Crippen molar-refractivity contribution in [3.63, 3.8) is 0 Å². The minimum Gasteiger partial charge on any atom is -0.451 e. The Bertz CT molecular complexity index is 1140. The van der Waals surface area contributed by atoms with Crippen molar-refractivity contribution in [2.75, 3.05) is 38.0 Å². The van der Waals surface area contributed by atoms with Gasteiger partial charge in [0, 0.05) is 28.2 Å². The van der Waals surface area contributed by atoms with Gasteiger partial charge in [-0.15, -0.1) is 0 Å². The van der Waals surface area contributed by atoms with E-state index in [1.165, 1.54) is 0 Å². The second-order valence-corrected chi connectivity index (χ2v) is 7.85. The van der Waals surface area contributed by atoms with Crippen molar-refractivity contribution in [2.24, 2.45) is 0 Å². The lowest BCUT2D eigenvalue weighted by molar-refractivity contribution is 0.416. The molecule has 3 aromatic carbocycles. The number of rotatable bonds is 6. The summed E-state index contributed by atoms with van der Waals surface area (Å²) in [7, 11) is 7.26. The summed E-state index contributed by atoms with van der Waals surface area (Å²) in [6.07, 6.45) is 0. The molecule has 0 N–H and O–H groups in total.